The van der Waals surface area contributed by atoms with Gasteiger partial charge in [0.2, 0.25) is 0 Å². The van der Waals surface area contributed by atoms with Gasteiger partial charge >= 0.3 is 6.09 Å². The van der Waals surface area contributed by atoms with E-state index in [1.165, 1.54) is 0 Å². The Morgan fingerprint density at radius 2 is 2.14 bits per heavy atom. The lowest BCUT2D eigenvalue weighted by Crippen LogP contribution is -2.56. The van der Waals surface area contributed by atoms with Crippen LogP contribution in [0.3, 0.4) is 0 Å². The molecule has 1 atom stereocenters. The number of aromatic amines is 1. The lowest BCUT2D eigenvalue weighted by atomic mass is 10.2. The molecule has 0 saturated carbocycles. The molecular weight excluding hydrogens is 393 g/mol. The molecule has 1 fully saturated rings. The lowest BCUT2D eigenvalue weighted by molar-refractivity contribution is 0.0220. The largest absolute Gasteiger partial charge is 0.444 e. The average molecular weight is 413 g/mol. The highest BCUT2D eigenvalue weighted by Gasteiger charge is 2.32. The van der Waals surface area contributed by atoms with Crippen molar-refractivity contribution in [2.24, 2.45) is 0 Å². The van der Waals surface area contributed by atoms with Gasteiger partial charge in [0.05, 0.1) is 11.7 Å². The molecule has 22 heavy (non-hydrogen) atoms. The van der Waals surface area contributed by atoms with E-state index in [2.05, 4.69) is 25.8 Å². The number of alkyl halides is 1. The first-order valence-corrected chi connectivity index (χ1v) is 8.93. The SMILES string of the molecule is CC(C)(C)OC(=O)N1CCN(c2cc(Cl)[nH]c2Cl)C(CBr)C1. The minimum atomic E-state index is -0.490. The number of hydrogen-bond acceptors (Lipinski definition) is 3. The van der Waals surface area contributed by atoms with Crippen molar-refractivity contribution in [3.63, 3.8) is 0 Å². The Kier molecular flexibility index (Phi) is 5.56. The maximum atomic E-state index is 12.2. The van der Waals surface area contributed by atoms with Gasteiger partial charge in [0.25, 0.3) is 0 Å². The fraction of sp³-hybridized carbons (Fsp3) is 0.643. The molecule has 5 nitrogen and oxygen atoms in total. The van der Waals surface area contributed by atoms with Crippen LogP contribution in [0.5, 0.6) is 0 Å². The van der Waals surface area contributed by atoms with Gasteiger partial charge in [-0.1, -0.05) is 39.1 Å². The maximum absolute atomic E-state index is 12.2. The smallest absolute Gasteiger partial charge is 0.410 e. The molecule has 0 bridgehead atoms. The number of anilines is 1. The number of carbonyl (C=O) groups excluding carboxylic acids is 1. The molecule has 1 unspecified atom stereocenters. The van der Waals surface area contributed by atoms with E-state index in [-0.39, 0.29) is 12.1 Å². The molecule has 8 heteroatoms. The van der Waals surface area contributed by atoms with Crippen LogP contribution in [0.4, 0.5) is 10.5 Å². The van der Waals surface area contributed by atoms with Crippen LogP contribution in [0, 0.1) is 0 Å². The fourth-order valence-electron chi connectivity index (χ4n) is 2.39. The summed E-state index contributed by atoms with van der Waals surface area (Å²) < 4.78 is 5.44. The van der Waals surface area contributed by atoms with E-state index in [4.69, 9.17) is 27.9 Å². The van der Waals surface area contributed by atoms with Gasteiger partial charge < -0.3 is 19.5 Å². The van der Waals surface area contributed by atoms with Crippen molar-refractivity contribution in [2.75, 3.05) is 29.9 Å². The molecule has 0 aromatic carbocycles. The van der Waals surface area contributed by atoms with Gasteiger partial charge in [-0.3, -0.25) is 0 Å². The second-order valence-corrected chi connectivity index (χ2v) is 7.68. The van der Waals surface area contributed by atoms with Crippen molar-refractivity contribution in [2.45, 2.75) is 32.4 Å². The number of nitrogens with zero attached hydrogens (tertiary/aromatic N) is 2. The molecular formula is C14H20BrCl2N3O2. The van der Waals surface area contributed by atoms with Gasteiger partial charge in [0.15, 0.2) is 0 Å². The summed E-state index contributed by atoms with van der Waals surface area (Å²) in [6, 6.07) is 1.91. The van der Waals surface area contributed by atoms with Gasteiger partial charge in [0.1, 0.15) is 15.9 Å². The number of halogens is 3. The summed E-state index contributed by atoms with van der Waals surface area (Å²) in [6.45, 7) is 7.42. The summed E-state index contributed by atoms with van der Waals surface area (Å²) in [5, 5.41) is 1.73. The summed E-state index contributed by atoms with van der Waals surface area (Å²) >= 11 is 15.7. The predicted molar refractivity (Wildman–Crippen MR) is 93.5 cm³/mol. The Hall–Kier alpha value is -0.590. The predicted octanol–water partition coefficient (Wildman–Crippen LogP) is 4.14. The summed E-state index contributed by atoms with van der Waals surface area (Å²) in [7, 11) is 0. The summed E-state index contributed by atoms with van der Waals surface area (Å²) in [5.41, 5.74) is 0.371. The Morgan fingerprint density at radius 1 is 1.45 bits per heavy atom. The standard InChI is InChI=1S/C14H20BrCl2N3O2/c1-14(2,3)22-13(21)19-4-5-20(9(7-15)8-19)10-6-11(16)18-12(10)17/h6,9,18H,4-5,7-8H2,1-3H3. The molecule has 2 heterocycles. The minimum absolute atomic E-state index is 0.102. The van der Waals surface area contributed by atoms with E-state index < -0.39 is 5.60 Å². The van der Waals surface area contributed by atoms with E-state index in [1.807, 2.05) is 26.8 Å². The Balaban J connectivity index is 2.08. The van der Waals surface area contributed by atoms with Gasteiger partial charge in [-0.05, 0) is 26.8 Å². The molecule has 2 rings (SSSR count). The molecule has 1 N–H and O–H groups in total. The van der Waals surface area contributed by atoms with E-state index in [0.717, 1.165) is 5.69 Å². The van der Waals surface area contributed by atoms with Gasteiger partial charge in [-0.15, -0.1) is 0 Å². The number of hydrogen-bond donors (Lipinski definition) is 1. The number of rotatable bonds is 2. The van der Waals surface area contributed by atoms with Crippen molar-refractivity contribution in [1.29, 1.82) is 0 Å². The van der Waals surface area contributed by atoms with E-state index in [9.17, 15) is 4.79 Å². The van der Waals surface area contributed by atoms with Gasteiger partial charge in [0, 0.05) is 25.0 Å². The van der Waals surface area contributed by atoms with E-state index in [1.54, 1.807) is 4.90 Å². The molecule has 1 aliphatic rings. The van der Waals surface area contributed by atoms with Crippen LogP contribution in [0.25, 0.3) is 0 Å². The first-order valence-electron chi connectivity index (χ1n) is 7.06. The van der Waals surface area contributed by atoms with Crippen molar-refractivity contribution in [1.82, 2.24) is 9.88 Å². The highest BCUT2D eigenvalue weighted by molar-refractivity contribution is 9.09. The normalized spacial score (nSPS) is 19.5. The molecule has 1 saturated heterocycles. The third-order valence-corrected chi connectivity index (χ3v) is 4.58. The minimum Gasteiger partial charge on any atom is -0.444 e. The van der Waals surface area contributed by atoms with Gasteiger partial charge in [-0.25, -0.2) is 4.79 Å². The van der Waals surface area contributed by atoms with Crippen LogP contribution >= 0.6 is 39.1 Å². The Labute approximate surface area is 149 Å². The third kappa shape index (κ3) is 4.24. The van der Waals surface area contributed by atoms with Crippen molar-refractivity contribution in [3.8, 4) is 0 Å². The first-order chi connectivity index (χ1) is 10.2. The molecule has 1 aromatic rings. The second kappa shape index (κ2) is 6.89. The van der Waals surface area contributed by atoms with E-state index in [0.29, 0.717) is 35.3 Å². The molecule has 1 amide bonds. The quantitative estimate of drug-likeness (QED) is 0.742. The molecule has 124 valence electrons. The van der Waals surface area contributed by atoms with Crippen LogP contribution in [0.2, 0.25) is 10.3 Å². The molecule has 0 spiro atoms. The maximum Gasteiger partial charge on any atom is 0.410 e. The Morgan fingerprint density at radius 3 is 2.64 bits per heavy atom. The zero-order valence-electron chi connectivity index (χ0n) is 12.8. The number of carbonyl (C=O) groups is 1. The van der Waals surface area contributed by atoms with Crippen molar-refractivity contribution >= 4 is 50.9 Å². The van der Waals surface area contributed by atoms with Crippen molar-refractivity contribution < 1.29 is 9.53 Å². The molecule has 1 aliphatic heterocycles. The fourth-order valence-corrected chi connectivity index (χ4v) is 3.46. The zero-order chi connectivity index (χ0) is 16.5. The average Bonchev–Trinajstić information content (AvgIpc) is 2.75. The van der Waals surface area contributed by atoms with Crippen LogP contribution in [0.15, 0.2) is 6.07 Å². The topological polar surface area (TPSA) is 48.6 Å². The molecule has 0 radical (unpaired) electrons. The third-order valence-electron chi connectivity index (χ3n) is 3.34. The van der Waals surface area contributed by atoms with Gasteiger partial charge in [-0.2, -0.15) is 0 Å². The summed E-state index contributed by atoms with van der Waals surface area (Å²) in [4.78, 5) is 19.0. The number of piperazine rings is 1. The number of H-pyrrole nitrogens is 1. The highest BCUT2D eigenvalue weighted by atomic mass is 79.9. The number of amides is 1. The van der Waals surface area contributed by atoms with Crippen LogP contribution < -0.4 is 4.90 Å². The molecule has 1 aromatic heterocycles. The second-order valence-electron chi connectivity index (χ2n) is 6.24. The summed E-state index contributed by atoms with van der Waals surface area (Å²) in [5.74, 6) is 0. The van der Waals surface area contributed by atoms with E-state index >= 15 is 0 Å². The van der Waals surface area contributed by atoms with Crippen LogP contribution in [-0.2, 0) is 4.74 Å². The molecule has 0 aliphatic carbocycles. The summed E-state index contributed by atoms with van der Waals surface area (Å²) in [6.07, 6.45) is -0.281. The number of nitrogens with one attached hydrogen (secondary N) is 1. The highest BCUT2D eigenvalue weighted by Crippen LogP contribution is 2.32. The van der Waals surface area contributed by atoms with Crippen LogP contribution in [0.1, 0.15) is 20.8 Å². The Bertz CT molecular complexity index is 545. The number of aromatic nitrogens is 1. The monoisotopic (exact) mass is 411 g/mol. The lowest BCUT2D eigenvalue weighted by Gasteiger charge is -2.42. The van der Waals surface area contributed by atoms with Crippen LogP contribution in [-0.4, -0.2) is 52.6 Å². The number of ether oxygens (including phenoxy) is 1. The van der Waals surface area contributed by atoms with Crippen molar-refractivity contribution in [3.05, 3.63) is 16.4 Å². The zero-order valence-corrected chi connectivity index (χ0v) is 15.9. The first kappa shape index (κ1) is 17.8.